The largest absolute Gasteiger partial charge is 0.497 e. The summed E-state index contributed by atoms with van der Waals surface area (Å²) in [7, 11) is 1.63. The molecule has 3 atom stereocenters. The number of esters is 1. The van der Waals surface area contributed by atoms with E-state index >= 15 is 0 Å². The average Bonchev–Trinajstić information content (AvgIpc) is 2.73. The van der Waals surface area contributed by atoms with E-state index in [1.165, 1.54) is 6.92 Å². The van der Waals surface area contributed by atoms with Gasteiger partial charge in [0.05, 0.1) is 19.3 Å². The molecule has 1 saturated heterocycles. The fourth-order valence-corrected chi connectivity index (χ4v) is 3.35. The molecule has 0 spiro atoms. The number of methoxy groups -OCH3 is 1. The number of hydrogen-bond acceptors (Lipinski definition) is 6. The van der Waals surface area contributed by atoms with Gasteiger partial charge in [-0.2, -0.15) is 0 Å². The molecule has 3 unspecified atom stereocenters. The van der Waals surface area contributed by atoms with Gasteiger partial charge in [-0.25, -0.2) is 0 Å². The van der Waals surface area contributed by atoms with Crippen LogP contribution in [0.5, 0.6) is 11.5 Å². The Kier molecular flexibility index (Phi) is 7.34. The van der Waals surface area contributed by atoms with Crippen molar-refractivity contribution in [3.8, 4) is 23.8 Å². The van der Waals surface area contributed by atoms with Crippen molar-refractivity contribution in [2.45, 2.75) is 44.7 Å². The first-order chi connectivity index (χ1) is 14.5. The maximum Gasteiger partial charge on any atom is 0.302 e. The molecule has 1 N–H and O–H groups in total. The Morgan fingerprint density at radius 1 is 1.23 bits per heavy atom. The Balaban J connectivity index is 1.76. The van der Waals surface area contributed by atoms with Crippen LogP contribution in [0.2, 0.25) is 0 Å². The Morgan fingerprint density at radius 2 is 2.00 bits per heavy atom. The summed E-state index contributed by atoms with van der Waals surface area (Å²) in [5, 5.41) is 10.2. The number of aliphatic hydroxyl groups excluding tert-OH is 1. The van der Waals surface area contributed by atoms with Crippen molar-refractivity contribution < 1.29 is 28.8 Å². The van der Waals surface area contributed by atoms with E-state index in [0.717, 1.165) is 16.9 Å². The van der Waals surface area contributed by atoms with E-state index < -0.39 is 18.5 Å². The molecule has 0 aromatic heterocycles. The van der Waals surface area contributed by atoms with Crippen LogP contribution in [0, 0.1) is 12.3 Å². The first kappa shape index (κ1) is 21.7. The molecule has 1 aliphatic heterocycles. The van der Waals surface area contributed by atoms with Gasteiger partial charge in [-0.3, -0.25) is 4.79 Å². The number of carbonyl (C=O) groups excluding carboxylic acids is 1. The second kappa shape index (κ2) is 10.1. The fraction of sp³-hybridized carbons (Fsp3) is 0.375. The highest BCUT2D eigenvalue weighted by atomic mass is 16.7. The molecule has 2 aromatic carbocycles. The SMILES string of the molecule is C#Cc1ccc(Cc2ccc(OC)cc2)c(OC2CC(O)CC(COC(C)=O)O2)c1. The molecule has 30 heavy (non-hydrogen) atoms. The van der Waals surface area contributed by atoms with Gasteiger partial charge in [-0.05, 0) is 35.4 Å². The Bertz CT molecular complexity index is 899. The van der Waals surface area contributed by atoms with Crippen LogP contribution in [-0.2, 0) is 20.7 Å². The van der Waals surface area contributed by atoms with Gasteiger partial charge >= 0.3 is 5.97 Å². The second-order valence-corrected chi connectivity index (χ2v) is 7.23. The Hall–Kier alpha value is -3.01. The first-order valence-electron chi connectivity index (χ1n) is 9.83. The summed E-state index contributed by atoms with van der Waals surface area (Å²) in [6.07, 6.45) is 5.19. The molecular formula is C24H26O6. The third-order valence-electron chi connectivity index (χ3n) is 4.86. The summed E-state index contributed by atoms with van der Waals surface area (Å²) in [4.78, 5) is 11.1. The molecule has 0 radical (unpaired) electrons. The average molecular weight is 410 g/mol. The van der Waals surface area contributed by atoms with Crippen molar-refractivity contribution in [3.63, 3.8) is 0 Å². The first-order valence-corrected chi connectivity index (χ1v) is 9.83. The molecule has 6 nitrogen and oxygen atoms in total. The molecule has 0 aliphatic carbocycles. The van der Waals surface area contributed by atoms with Gasteiger partial charge in [0.15, 0.2) is 0 Å². The number of rotatable bonds is 7. The van der Waals surface area contributed by atoms with Crippen molar-refractivity contribution >= 4 is 5.97 Å². The van der Waals surface area contributed by atoms with E-state index in [9.17, 15) is 9.90 Å². The van der Waals surface area contributed by atoms with Crippen LogP contribution in [0.1, 0.15) is 36.5 Å². The molecule has 2 aromatic rings. The van der Waals surface area contributed by atoms with E-state index in [4.69, 9.17) is 25.4 Å². The molecule has 3 rings (SSSR count). The highest BCUT2D eigenvalue weighted by molar-refractivity contribution is 5.65. The van der Waals surface area contributed by atoms with Crippen LogP contribution in [-0.4, -0.2) is 43.3 Å². The van der Waals surface area contributed by atoms with Gasteiger partial charge in [-0.15, -0.1) is 6.42 Å². The van der Waals surface area contributed by atoms with Crippen molar-refractivity contribution in [1.29, 1.82) is 0 Å². The lowest BCUT2D eigenvalue weighted by Crippen LogP contribution is -2.41. The zero-order chi connectivity index (χ0) is 21.5. The van der Waals surface area contributed by atoms with E-state index in [2.05, 4.69) is 5.92 Å². The highest BCUT2D eigenvalue weighted by Crippen LogP contribution is 2.29. The number of benzene rings is 2. The van der Waals surface area contributed by atoms with Gasteiger partial charge in [0.2, 0.25) is 6.29 Å². The topological polar surface area (TPSA) is 74.2 Å². The van der Waals surface area contributed by atoms with Crippen molar-refractivity contribution in [2.75, 3.05) is 13.7 Å². The summed E-state index contributed by atoms with van der Waals surface area (Å²) >= 11 is 0. The van der Waals surface area contributed by atoms with Crippen LogP contribution < -0.4 is 9.47 Å². The van der Waals surface area contributed by atoms with Gasteiger partial charge in [0.1, 0.15) is 18.1 Å². The fourth-order valence-electron chi connectivity index (χ4n) is 3.35. The zero-order valence-corrected chi connectivity index (χ0v) is 17.2. The molecular weight excluding hydrogens is 384 g/mol. The minimum absolute atomic E-state index is 0.0787. The van der Waals surface area contributed by atoms with Crippen LogP contribution in [0.4, 0.5) is 0 Å². The monoisotopic (exact) mass is 410 g/mol. The third kappa shape index (κ3) is 5.99. The lowest BCUT2D eigenvalue weighted by atomic mass is 10.0. The zero-order valence-electron chi connectivity index (χ0n) is 17.2. The number of terminal acetylenes is 1. The molecule has 0 saturated carbocycles. The third-order valence-corrected chi connectivity index (χ3v) is 4.86. The predicted molar refractivity (Wildman–Crippen MR) is 111 cm³/mol. The van der Waals surface area contributed by atoms with E-state index in [-0.39, 0.29) is 12.6 Å². The van der Waals surface area contributed by atoms with Crippen molar-refractivity contribution in [3.05, 3.63) is 59.2 Å². The van der Waals surface area contributed by atoms with Crippen molar-refractivity contribution in [1.82, 2.24) is 0 Å². The van der Waals surface area contributed by atoms with Crippen LogP contribution in [0.3, 0.4) is 0 Å². The summed E-state index contributed by atoms with van der Waals surface area (Å²) in [5.41, 5.74) is 2.72. The molecule has 1 fully saturated rings. The number of carbonyl (C=O) groups is 1. The number of hydrogen-bond donors (Lipinski definition) is 1. The highest BCUT2D eigenvalue weighted by Gasteiger charge is 2.31. The summed E-state index contributed by atoms with van der Waals surface area (Å²) < 4.78 is 22.2. The smallest absolute Gasteiger partial charge is 0.302 e. The summed E-state index contributed by atoms with van der Waals surface area (Å²) in [6, 6.07) is 13.4. The van der Waals surface area contributed by atoms with Crippen LogP contribution in [0.15, 0.2) is 42.5 Å². The van der Waals surface area contributed by atoms with Gasteiger partial charge in [-0.1, -0.05) is 24.1 Å². The molecule has 1 heterocycles. The van der Waals surface area contributed by atoms with Gasteiger partial charge < -0.3 is 24.1 Å². The summed E-state index contributed by atoms with van der Waals surface area (Å²) in [6.45, 7) is 1.42. The molecule has 1 aliphatic rings. The maximum atomic E-state index is 11.1. The van der Waals surface area contributed by atoms with E-state index in [1.54, 1.807) is 13.2 Å². The van der Waals surface area contributed by atoms with Crippen LogP contribution >= 0.6 is 0 Å². The van der Waals surface area contributed by atoms with E-state index in [0.29, 0.717) is 30.6 Å². The second-order valence-electron chi connectivity index (χ2n) is 7.23. The minimum atomic E-state index is -0.669. The van der Waals surface area contributed by atoms with Crippen LogP contribution in [0.25, 0.3) is 0 Å². The Morgan fingerprint density at radius 3 is 2.67 bits per heavy atom. The predicted octanol–water partition coefficient (Wildman–Crippen LogP) is 3.08. The molecule has 0 amide bonds. The summed E-state index contributed by atoms with van der Waals surface area (Å²) in [5.74, 6) is 3.62. The standard InChI is InChI=1S/C24H26O6/c1-4-17-5-8-19(11-18-6-9-21(27-3)10-7-18)23(12-17)30-24-14-20(26)13-22(29-24)15-28-16(2)25/h1,5-10,12,20,22,24,26H,11,13-15H2,2-3H3. The lowest BCUT2D eigenvalue weighted by molar-refractivity contribution is -0.192. The van der Waals surface area contributed by atoms with Gasteiger partial charge in [0.25, 0.3) is 0 Å². The maximum absolute atomic E-state index is 11.1. The lowest BCUT2D eigenvalue weighted by Gasteiger charge is -2.33. The number of ether oxygens (including phenoxy) is 4. The Labute approximate surface area is 176 Å². The molecule has 0 bridgehead atoms. The van der Waals surface area contributed by atoms with Crippen molar-refractivity contribution in [2.24, 2.45) is 0 Å². The molecule has 6 heteroatoms. The quantitative estimate of drug-likeness (QED) is 0.559. The normalized spacial score (nSPS) is 20.8. The minimum Gasteiger partial charge on any atom is -0.497 e. The van der Waals surface area contributed by atoms with E-state index in [1.807, 2.05) is 36.4 Å². The molecule has 158 valence electrons. The number of aliphatic hydroxyl groups is 1. The van der Waals surface area contributed by atoms with Gasteiger partial charge in [0, 0.05) is 31.7 Å².